The summed E-state index contributed by atoms with van der Waals surface area (Å²) in [6.45, 7) is 2.63. The van der Waals surface area contributed by atoms with Crippen molar-refractivity contribution < 1.29 is 19.0 Å². The van der Waals surface area contributed by atoms with Gasteiger partial charge in [0.25, 0.3) is 5.91 Å². The normalized spacial score (nSPS) is 10.6. The van der Waals surface area contributed by atoms with Crippen molar-refractivity contribution in [3.63, 3.8) is 0 Å². The number of halogens is 1. The molecule has 0 atom stereocenters. The Morgan fingerprint density at radius 2 is 1.85 bits per heavy atom. The average molecular weight is 377 g/mol. The van der Waals surface area contributed by atoms with Gasteiger partial charge in [-0.2, -0.15) is 5.10 Å². The molecule has 0 heterocycles. The highest BCUT2D eigenvalue weighted by Gasteiger charge is 2.10. The van der Waals surface area contributed by atoms with Crippen molar-refractivity contribution in [1.82, 2.24) is 5.43 Å². The molecular formula is C19H21ClN2O4. The summed E-state index contributed by atoms with van der Waals surface area (Å²) in [6, 6.07) is 10.2. The number of rotatable bonds is 8. The van der Waals surface area contributed by atoms with Gasteiger partial charge >= 0.3 is 0 Å². The first kappa shape index (κ1) is 19.6. The van der Waals surface area contributed by atoms with Crippen LogP contribution in [-0.2, 0) is 0 Å². The number of methoxy groups -OCH3 is 2. The van der Waals surface area contributed by atoms with E-state index in [1.54, 1.807) is 30.3 Å². The van der Waals surface area contributed by atoms with Gasteiger partial charge in [0.2, 0.25) is 0 Å². The molecule has 0 bridgehead atoms. The molecule has 0 radical (unpaired) electrons. The molecule has 0 aliphatic carbocycles. The topological polar surface area (TPSA) is 69.2 Å². The second-order valence-corrected chi connectivity index (χ2v) is 5.71. The monoisotopic (exact) mass is 376 g/mol. The van der Waals surface area contributed by atoms with Crippen LogP contribution in [0.5, 0.6) is 17.2 Å². The van der Waals surface area contributed by atoms with Gasteiger partial charge in [-0.15, -0.1) is 0 Å². The Bertz CT molecular complexity index is 793. The second kappa shape index (κ2) is 9.68. The summed E-state index contributed by atoms with van der Waals surface area (Å²) >= 11 is 6.16. The maximum absolute atomic E-state index is 12.2. The van der Waals surface area contributed by atoms with Gasteiger partial charge in [-0.05, 0) is 48.4 Å². The highest BCUT2D eigenvalue weighted by atomic mass is 35.5. The number of carbonyl (C=O) groups excluding carboxylic acids is 1. The summed E-state index contributed by atoms with van der Waals surface area (Å²) in [4.78, 5) is 12.2. The van der Waals surface area contributed by atoms with Crippen LogP contribution < -0.4 is 19.6 Å². The molecule has 0 aromatic heterocycles. The maximum atomic E-state index is 12.2. The molecule has 26 heavy (non-hydrogen) atoms. The van der Waals surface area contributed by atoms with E-state index < -0.39 is 0 Å². The van der Waals surface area contributed by atoms with Crippen molar-refractivity contribution in [3.8, 4) is 17.2 Å². The van der Waals surface area contributed by atoms with Crippen LogP contribution in [0.3, 0.4) is 0 Å². The van der Waals surface area contributed by atoms with Crippen LogP contribution in [0.4, 0.5) is 0 Å². The molecule has 0 aliphatic rings. The molecule has 0 aliphatic heterocycles. The standard InChI is InChI=1S/C19H21ClN2O4/c1-4-9-26-16-7-5-13(10-15(16)20)12-21-22-19(23)14-6-8-17(24-2)18(11-14)25-3/h5-8,10-12H,4,9H2,1-3H3,(H,22,23)/b21-12+. The average Bonchev–Trinajstić information content (AvgIpc) is 2.66. The summed E-state index contributed by atoms with van der Waals surface area (Å²) in [5.74, 6) is 1.28. The zero-order chi connectivity index (χ0) is 18.9. The number of nitrogens with one attached hydrogen (secondary N) is 1. The number of hydrazone groups is 1. The molecule has 0 spiro atoms. The lowest BCUT2D eigenvalue weighted by molar-refractivity contribution is 0.0954. The van der Waals surface area contributed by atoms with E-state index in [2.05, 4.69) is 10.5 Å². The van der Waals surface area contributed by atoms with Crippen LogP contribution in [-0.4, -0.2) is 32.9 Å². The van der Waals surface area contributed by atoms with E-state index in [1.807, 2.05) is 13.0 Å². The van der Waals surface area contributed by atoms with E-state index in [-0.39, 0.29) is 5.91 Å². The van der Waals surface area contributed by atoms with E-state index >= 15 is 0 Å². The lowest BCUT2D eigenvalue weighted by atomic mass is 10.2. The smallest absolute Gasteiger partial charge is 0.271 e. The zero-order valence-electron chi connectivity index (χ0n) is 14.9. The summed E-state index contributed by atoms with van der Waals surface area (Å²) < 4.78 is 15.8. The summed E-state index contributed by atoms with van der Waals surface area (Å²) in [5, 5.41) is 4.45. The fourth-order valence-electron chi connectivity index (χ4n) is 2.13. The number of nitrogens with zero attached hydrogens (tertiary/aromatic N) is 1. The molecule has 2 rings (SSSR count). The number of ether oxygens (including phenoxy) is 3. The fraction of sp³-hybridized carbons (Fsp3) is 0.263. The number of benzene rings is 2. The third-order valence-corrected chi connectivity index (χ3v) is 3.74. The van der Waals surface area contributed by atoms with Crippen LogP contribution in [0.2, 0.25) is 5.02 Å². The Morgan fingerprint density at radius 3 is 2.50 bits per heavy atom. The van der Waals surface area contributed by atoms with Crippen molar-refractivity contribution in [2.45, 2.75) is 13.3 Å². The lowest BCUT2D eigenvalue weighted by Crippen LogP contribution is -2.17. The molecule has 1 N–H and O–H groups in total. The minimum atomic E-state index is -0.365. The van der Waals surface area contributed by atoms with Crippen LogP contribution in [0, 0.1) is 0 Å². The van der Waals surface area contributed by atoms with Gasteiger partial charge in [-0.25, -0.2) is 5.43 Å². The predicted molar refractivity (Wildman–Crippen MR) is 102 cm³/mol. The molecule has 0 saturated heterocycles. The minimum absolute atomic E-state index is 0.365. The van der Waals surface area contributed by atoms with E-state index in [0.29, 0.717) is 34.4 Å². The Morgan fingerprint density at radius 1 is 1.12 bits per heavy atom. The molecule has 6 nitrogen and oxygen atoms in total. The number of hydrogen-bond acceptors (Lipinski definition) is 5. The van der Waals surface area contributed by atoms with Crippen molar-refractivity contribution >= 4 is 23.7 Å². The third kappa shape index (κ3) is 5.13. The van der Waals surface area contributed by atoms with Crippen molar-refractivity contribution in [3.05, 3.63) is 52.5 Å². The Labute approximate surface area is 157 Å². The molecule has 0 fully saturated rings. The van der Waals surface area contributed by atoms with Crippen molar-refractivity contribution in [2.75, 3.05) is 20.8 Å². The Hall–Kier alpha value is -2.73. The summed E-state index contributed by atoms with van der Waals surface area (Å²) in [5.41, 5.74) is 3.61. The molecule has 7 heteroatoms. The molecule has 138 valence electrons. The fourth-order valence-corrected chi connectivity index (χ4v) is 2.38. The zero-order valence-corrected chi connectivity index (χ0v) is 15.7. The molecule has 0 unspecified atom stereocenters. The largest absolute Gasteiger partial charge is 0.493 e. The van der Waals surface area contributed by atoms with E-state index in [4.69, 9.17) is 25.8 Å². The van der Waals surface area contributed by atoms with E-state index in [9.17, 15) is 4.79 Å². The van der Waals surface area contributed by atoms with E-state index in [1.165, 1.54) is 20.4 Å². The Balaban J connectivity index is 2.01. The minimum Gasteiger partial charge on any atom is -0.493 e. The first-order chi connectivity index (χ1) is 12.6. The third-order valence-electron chi connectivity index (χ3n) is 3.44. The number of amides is 1. The van der Waals surface area contributed by atoms with Gasteiger partial charge < -0.3 is 14.2 Å². The quantitative estimate of drug-likeness (QED) is 0.560. The molecular weight excluding hydrogens is 356 g/mol. The molecule has 2 aromatic carbocycles. The maximum Gasteiger partial charge on any atom is 0.271 e. The van der Waals surface area contributed by atoms with Crippen LogP contribution >= 0.6 is 11.6 Å². The van der Waals surface area contributed by atoms with Gasteiger partial charge in [0, 0.05) is 5.56 Å². The second-order valence-electron chi connectivity index (χ2n) is 5.31. The summed E-state index contributed by atoms with van der Waals surface area (Å²) in [6.07, 6.45) is 2.41. The van der Waals surface area contributed by atoms with Crippen LogP contribution in [0.25, 0.3) is 0 Å². The van der Waals surface area contributed by atoms with Gasteiger partial charge in [0.1, 0.15) is 5.75 Å². The summed E-state index contributed by atoms with van der Waals surface area (Å²) in [7, 11) is 3.04. The van der Waals surface area contributed by atoms with Gasteiger partial charge in [-0.1, -0.05) is 18.5 Å². The van der Waals surface area contributed by atoms with Gasteiger partial charge in [0.05, 0.1) is 32.1 Å². The Kier molecular flexibility index (Phi) is 7.29. The molecule has 1 amide bonds. The SMILES string of the molecule is CCCOc1ccc(/C=N/NC(=O)c2ccc(OC)c(OC)c2)cc1Cl. The first-order valence-corrected chi connectivity index (χ1v) is 8.44. The van der Waals surface area contributed by atoms with Gasteiger partial charge in [0.15, 0.2) is 11.5 Å². The predicted octanol–water partition coefficient (Wildman–Crippen LogP) is 3.91. The molecule has 0 saturated carbocycles. The lowest BCUT2D eigenvalue weighted by Gasteiger charge is -2.08. The van der Waals surface area contributed by atoms with Crippen molar-refractivity contribution in [1.29, 1.82) is 0 Å². The van der Waals surface area contributed by atoms with Crippen LogP contribution in [0.1, 0.15) is 29.3 Å². The first-order valence-electron chi connectivity index (χ1n) is 8.06. The van der Waals surface area contributed by atoms with E-state index in [0.717, 1.165) is 12.0 Å². The van der Waals surface area contributed by atoms with Crippen molar-refractivity contribution in [2.24, 2.45) is 5.10 Å². The number of carbonyl (C=O) groups is 1. The highest BCUT2D eigenvalue weighted by molar-refractivity contribution is 6.32. The highest BCUT2D eigenvalue weighted by Crippen LogP contribution is 2.27. The van der Waals surface area contributed by atoms with Crippen LogP contribution in [0.15, 0.2) is 41.5 Å². The number of hydrogen-bond donors (Lipinski definition) is 1. The van der Waals surface area contributed by atoms with Gasteiger partial charge in [-0.3, -0.25) is 4.79 Å². The molecule has 2 aromatic rings.